The Labute approximate surface area is 122 Å². The molecule has 0 saturated carbocycles. The molecule has 2 fully saturated rings. The first-order valence-corrected chi connectivity index (χ1v) is 8.77. The van der Waals surface area contributed by atoms with Gasteiger partial charge in [0.05, 0.1) is 11.7 Å². The Kier molecular flexibility index (Phi) is 4.76. The molecule has 20 heavy (non-hydrogen) atoms. The third-order valence-corrected chi connectivity index (χ3v) is 5.92. The molecule has 0 spiro atoms. The molecule has 0 aliphatic carbocycles. The van der Waals surface area contributed by atoms with Crippen molar-refractivity contribution in [3.8, 4) is 0 Å². The van der Waals surface area contributed by atoms with Crippen molar-refractivity contribution in [2.45, 2.75) is 45.3 Å². The topological polar surface area (TPSA) is 75.9 Å². The van der Waals surface area contributed by atoms with Gasteiger partial charge in [-0.25, -0.2) is 0 Å². The van der Waals surface area contributed by atoms with Crippen molar-refractivity contribution in [2.24, 2.45) is 11.7 Å². The highest BCUT2D eigenvalue weighted by atomic mass is 32.2. The third kappa shape index (κ3) is 3.51. The monoisotopic (exact) mass is 305 g/mol. The third-order valence-electron chi connectivity index (χ3n) is 4.01. The number of nitrogens with two attached hydrogens (primary N) is 1. The summed E-state index contributed by atoms with van der Waals surface area (Å²) >= 11 is 0. The Hall–Kier alpha value is -0.210. The zero-order valence-corrected chi connectivity index (χ0v) is 13.5. The molecule has 0 bridgehead atoms. The van der Waals surface area contributed by atoms with Gasteiger partial charge in [0, 0.05) is 26.2 Å². The van der Waals surface area contributed by atoms with E-state index in [0.29, 0.717) is 32.7 Å². The van der Waals surface area contributed by atoms with Gasteiger partial charge in [0.1, 0.15) is 0 Å². The Morgan fingerprint density at radius 1 is 1.30 bits per heavy atom. The molecule has 0 aromatic carbocycles. The SMILES string of the molecule is CC1CN(S(=O)(=O)N2CCCC(CN)C2)CC(C)(C)O1. The summed E-state index contributed by atoms with van der Waals surface area (Å²) in [6.45, 7) is 8.32. The number of piperidine rings is 1. The van der Waals surface area contributed by atoms with Crippen LogP contribution in [-0.2, 0) is 14.9 Å². The van der Waals surface area contributed by atoms with Gasteiger partial charge >= 0.3 is 0 Å². The predicted octanol–water partition coefficient (Wildman–Crippen LogP) is 0.401. The molecule has 2 atom stereocenters. The molecular formula is C13H27N3O3S. The molecule has 6 nitrogen and oxygen atoms in total. The molecule has 2 heterocycles. The van der Waals surface area contributed by atoms with Crippen LogP contribution in [0.5, 0.6) is 0 Å². The summed E-state index contributed by atoms with van der Waals surface area (Å²) < 4.78 is 34.5. The lowest BCUT2D eigenvalue weighted by atomic mass is 10.0. The quantitative estimate of drug-likeness (QED) is 0.819. The first-order valence-electron chi connectivity index (χ1n) is 7.38. The molecule has 2 unspecified atom stereocenters. The van der Waals surface area contributed by atoms with E-state index in [2.05, 4.69) is 0 Å². The van der Waals surface area contributed by atoms with Gasteiger partial charge in [-0.1, -0.05) is 0 Å². The highest BCUT2D eigenvalue weighted by Crippen LogP contribution is 2.26. The summed E-state index contributed by atoms with van der Waals surface area (Å²) in [5, 5.41) is 0. The van der Waals surface area contributed by atoms with Gasteiger partial charge in [-0.15, -0.1) is 0 Å². The molecule has 2 aliphatic rings. The Balaban J connectivity index is 2.13. The summed E-state index contributed by atoms with van der Waals surface area (Å²) in [6, 6.07) is 0. The van der Waals surface area contributed by atoms with Crippen LogP contribution in [0.1, 0.15) is 33.6 Å². The smallest absolute Gasteiger partial charge is 0.282 e. The lowest BCUT2D eigenvalue weighted by molar-refractivity contribution is -0.110. The highest BCUT2D eigenvalue weighted by Gasteiger charge is 2.40. The second-order valence-electron chi connectivity index (χ2n) is 6.59. The van der Waals surface area contributed by atoms with E-state index < -0.39 is 15.8 Å². The first-order chi connectivity index (χ1) is 9.24. The van der Waals surface area contributed by atoms with Crippen LogP contribution in [0.2, 0.25) is 0 Å². The average Bonchev–Trinajstić information content (AvgIpc) is 2.36. The molecule has 2 aliphatic heterocycles. The fraction of sp³-hybridized carbons (Fsp3) is 1.00. The van der Waals surface area contributed by atoms with Crippen molar-refractivity contribution >= 4 is 10.2 Å². The highest BCUT2D eigenvalue weighted by molar-refractivity contribution is 7.86. The molecule has 2 saturated heterocycles. The van der Waals surface area contributed by atoms with E-state index in [0.717, 1.165) is 12.8 Å². The largest absolute Gasteiger partial charge is 0.370 e. The Morgan fingerprint density at radius 3 is 2.60 bits per heavy atom. The molecule has 2 rings (SSSR count). The second-order valence-corrected chi connectivity index (χ2v) is 8.52. The van der Waals surface area contributed by atoms with Crippen molar-refractivity contribution in [3.63, 3.8) is 0 Å². The molecule has 2 N–H and O–H groups in total. The van der Waals surface area contributed by atoms with Gasteiger partial charge in [-0.05, 0) is 46.1 Å². The van der Waals surface area contributed by atoms with Crippen LogP contribution >= 0.6 is 0 Å². The molecule has 0 amide bonds. The van der Waals surface area contributed by atoms with Crippen LogP contribution in [-0.4, -0.2) is 61.5 Å². The van der Waals surface area contributed by atoms with Crippen molar-refractivity contribution in [1.82, 2.24) is 8.61 Å². The van der Waals surface area contributed by atoms with Crippen LogP contribution in [0.25, 0.3) is 0 Å². The minimum atomic E-state index is -3.40. The van der Waals surface area contributed by atoms with E-state index in [1.54, 1.807) is 8.61 Å². The number of rotatable bonds is 3. The van der Waals surface area contributed by atoms with E-state index in [1.165, 1.54) is 0 Å². The van der Waals surface area contributed by atoms with Crippen molar-refractivity contribution in [2.75, 3.05) is 32.7 Å². The summed E-state index contributed by atoms with van der Waals surface area (Å²) in [7, 11) is -3.40. The maximum absolute atomic E-state index is 12.8. The lowest BCUT2D eigenvalue weighted by Gasteiger charge is -2.43. The molecular weight excluding hydrogens is 278 g/mol. The standard InChI is InChI=1S/C13H27N3O3S/c1-11-8-16(10-13(2,3)19-11)20(17,18)15-6-4-5-12(7-14)9-15/h11-12H,4-10,14H2,1-3H3. The van der Waals surface area contributed by atoms with Gasteiger partial charge in [-0.3, -0.25) is 0 Å². The fourth-order valence-corrected chi connectivity index (χ4v) is 5.12. The van der Waals surface area contributed by atoms with Gasteiger partial charge in [0.15, 0.2) is 0 Å². The first kappa shape index (κ1) is 16.2. The normalized spacial score (nSPS) is 33.2. The Bertz CT molecular complexity index is 438. The van der Waals surface area contributed by atoms with E-state index in [4.69, 9.17) is 10.5 Å². The maximum Gasteiger partial charge on any atom is 0.282 e. The fourth-order valence-electron chi connectivity index (χ4n) is 3.16. The summed E-state index contributed by atoms with van der Waals surface area (Å²) in [5.74, 6) is 0.282. The maximum atomic E-state index is 12.8. The number of hydrogen-bond donors (Lipinski definition) is 1. The number of morpholine rings is 1. The minimum absolute atomic E-state index is 0.0800. The summed E-state index contributed by atoms with van der Waals surface area (Å²) in [6.07, 6.45) is 1.83. The van der Waals surface area contributed by atoms with Crippen molar-refractivity contribution in [3.05, 3.63) is 0 Å². The van der Waals surface area contributed by atoms with E-state index in [1.807, 2.05) is 20.8 Å². The van der Waals surface area contributed by atoms with Crippen LogP contribution in [0.4, 0.5) is 0 Å². The Morgan fingerprint density at radius 2 is 2.00 bits per heavy atom. The summed E-state index contributed by atoms with van der Waals surface area (Å²) in [5.41, 5.74) is 5.26. The molecule has 0 aromatic heterocycles. The second kappa shape index (κ2) is 5.88. The van der Waals surface area contributed by atoms with Crippen LogP contribution in [0.3, 0.4) is 0 Å². The van der Waals surface area contributed by atoms with E-state index in [-0.39, 0.29) is 12.0 Å². The van der Waals surface area contributed by atoms with E-state index in [9.17, 15) is 8.42 Å². The minimum Gasteiger partial charge on any atom is -0.370 e. The number of ether oxygens (including phenoxy) is 1. The predicted molar refractivity (Wildman–Crippen MR) is 78.5 cm³/mol. The van der Waals surface area contributed by atoms with Gasteiger partial charge in [0.2, 0.25) is 0 Å². The van der Waals surface area contributed by atoms with Gasteiger partial charge in [0.25, 0.3) is 10.2 Å². The van der Waals surface area contributed by atoms with Crippen LogP contribution in [0, 0.1) is 5.92 Å². The average molecular weight is 305 g/mol. The van der Waals surface area contributed by atoms with Crippen LogP contribution < -0.4 is 5.73 Å². The van der Waals surface area contributed by atoms with Crippen molar-refractivity contribution in [1.29, 1.82) is 0 Å². The molecule has 0 aromatic rings. The summed E-state index contributed by atoms with van der Waals surface area (Å²) in [4.78, 5) is 0. The zero-order valence-electron chi connectivity index (χ0n) is 12.7. The van der Waals surface area contributed by atoms with E-state index >= 15 is 0 Å². The molecule has 0 radical (unpaired) electrons. The zero-order chi connectivity index (χ0) is 15.0. The lowest BCUT2D eigenvalue weighted by Crippen LogP contribution is -2.58. The molecule has 7 heteroatoms. The van der Waals surface area contributed by atoms with Crippen LogP contribution in [0.15, 0.2) is 0 Å². The van der Waals surface area contributed by atoms with Crippen molar-refractivity contribution < 1.29 is 13.2 Å². The number of hydrogen-bond acceptors (Lipinski definition) is 4. The molecule has 118 valence electrons. The van der Waals surface area contributed by atoms with Gasteiger partial charge in [-0.2, -0.15) is 17.0 Å². The number of nitrogens with zero attached hydrogens (tertiary/aromatic N) is 2. The van der Waals surface area contributed by atoms with Gasteiger partial charge < -0.3 is 10.5 Å².